The van der Waals surface area contributed by atoms with Crippen molar-refractivity contribution in [3.63, 3.8) is 0 Å². The van der Waals surface area contributed by atoms with E-state index in [1.165, 1.54) is 0 Å². The summed E-state index contributed by atoms with van der Waals surface area (Å²) in [6.45, 7) is 1.10. The van der Waals surface area contributed by atoms with Gasteiger partial charge in [-0.1, -0.05) is 24.3 Å². The zero-order chi connectivity index (χ0) is 13.1. The van der Waals surface area contributed by atoms with Crippen LogP contribution in [-0.4, -0.2) is 11.9 Å². The lowest BCUT2D eigenvalue weighted by atomic mass is 10.1. The Kier molecular flexibility index (Phi) is 3.25. The second-order valence-electron chi connectivity index (χ2n) is 4.40. The molecule has 0 aliphatic carbocycles. The maximum Gasteiger partial charge on any atom is 0.231 e. The molecule has 0 aromatic heterocycles. The third-order valence-corrected chi connectivity index (χ3v) is 3.07. The molecular formula is C15H15NO3. The van der Waals surface area contributed by atoms with Crippen LogP contribution in [0.1, 0.15) is 11.1 Å². The van der Waals surface area contributed by atoms with Crippen molar-refractivity contribution in [1.29, 1.82) is 0 Å². The van der Waals surface area contributed by atoms with Crippen LogP contribution in [0, 0.1) is 0 Å². The van der Waals surface area contributed by atoms with Gasteiger partial charge >= 0.3 is 0 Å². The average molecular weight is 257 g/mol. The standard InChI is InChI=1S/C15H15NO3/c17-9-12-3-1-11(2-4-12)8-16-13-5-6-14-15(7-13)19-10-18-14/h1-7,16-17H,8-10H2. The van der Waals surface area contributed by atoms with E-state index in [9.17, 15) is 0 Å². The van der Waals surface area contributed by atoms with Gasteiger partial charge in [0.25, 0.3) is 0 Å². The minimum Gasteiger partial charge on any atom is -0.454 e. The maximum atomic E-state index is 8.98. The van der Waals surface area contributed by atoms with E-state index in [0.717, 1.165) is 34.9 Å². The zero-order valence-electron chi connectivity index (χ0n) is 10.4. The van der Waals surface area contributed by atoms with Gasteiger partial charge in [0, 0.05) is 18.3 Å². The minimum absolute atomic E-state index is 0.0792. The summed E-state index contributed by atoms with van der Waals surface area (Å²) in [5, 5.41) is 12.3. The van der Waals surface area contributed by atoms with Gasteiger partial charge in [-0.25, -0.2) is 0 Å². The lowest BCUT2D eigenvalue weighted by molar-refractivity contribution is 0.174. The highest BCUT2D eigenvalue weighted by atomic mass is 16.7. The van der Waals surface area contributed by atoms with Gasteiger partial charge in [-0.2, -0.15) is 0 Å². The molecule has 0 saturated carbocycles. The molecule has 3 rings (SSSR count). The van der Waals surface area contributed by atoms with Crippen LogP contribution in [0.25, 0.3) is 0 Å². The smallest absolute Gasteiger partial charge is 0.231 e. The predicted octanol–water partition coefficient (Wildman–Crippen LogP) is 2.52. The van der Waals surface area contributed by atoms with Crippen molar-refractivity contribution in [3.05, 3.63) is 53.6 Å². The molecule has 0 radical (unpaired) electrons. The van der Waals surface area contributed by atoms with Crippen LogP contribution in [0.3, 0.4) is 0 Å². The largest absolute Gasteiger partial charge is 0.454 e. The van der Waals surface area contributed by atoms with Gasteiger partial charge in [0.2, 0.25) is 6.79 Å². The number of fused-ring (bicyclic) bond motifs is 1. The molecule has 0 atom stereocenters. The summed E-state index contributed by atoms with van der Waals surface area (Å²) in [5.74, 6) is 1.57. The third-order valence-electron chi connectivity index (χ3n) is 3.07. The van der Waals surface area contributed by atoms with Gasteiger partial charge in [0.05, 0.1) is 6.61 Å². The first kappa shape index (κ1) is 11.9. The number of ether oxygens (including phenoxy) is 2. The molecule has 2 N–H and O–H groups in total. The van der Waals surface area contributed by atoms with Gasteiger partial charge in [-0.15, -0.1) is 0 Å². The number of nitrogens with one attached hydrogen (secondary N) is 1. The van der Waals surface area contributed by atoms with Crippen molar-refractivity contribution in [1.82, 2.24) is 0 Å². The van der Waals surface area contributed by atoms with E-state index >= 15 is 0 Å². The number of hydrogen-bond acceptors (Lipinski definition) is 4. The van der Waals surface area contributed by atoms with Crippen molar-refractivity contribution in [3.8, 4) is 11.5 Å². The Morgan fingerprint density at radius 3 is 2.47 bits per heavy atom. The molecular weight excluding hydrogens is 242 g/mol. The van der Waals surface area contributed by atoms with Gasteiger partial charge in [0.1, 0.15) is 0 Å². The average Bonchev–Trinajstić information content (AvgIpc) is 2.93. The quantitative estimate of drug-likeness (QED) is 0.883. The third kappa shape index (κ3) is 2.63. The van der Waals surface area contributed by atoms with E-state index in [2.05, 4.69) is 5.32 Å². The fourth-order valence-corrected chi connectivity index (χ4v) is 1.97. The Morgan fingerprint density at radius 1 is 0.947 bits per heavy atom. The highest BCUT2D eigenvalue weighted by Crippen LogP contribution is 2.34. The van der Waals surface area contributed by atoms with Crippen LogP contribution in [-0.2, 0) is 13.2 Å². The first-order chi connectivity index (χ1) is 9.35. The molecule has 0 amide bonds. The Bertz CT molecular complexity index is 566. The molecule has 0 spiro atoms. The lowest BCUT2D eigenvalue weighted by Crippen LogP contribution is -1.99. The second kappa shape index (κ2) is 5.20. The number of rotatable bonds is 4. The van der Waals surface area contributed by atoms with E-state index < -0.39 is 0 Å². The van der Waals surface area contributed by atoms with Crippen LogP contribution in [0.2, 0.25) is 0 Å². The first-order valence-electron chi connectivity index (χ1n) is 6.17. The normalized spacial score (nSPS) is 12.5. The van der Waals surface area contributed by atoms with Gasteiger partial charge in [0.15, 0.2) is 11.5 Å². The molecule has 0 fully saturated rings. The van der Waals surface area contributed by atoms with Crippen LogP contribution in [0.5, 0.6) is 11.5 Å². The van der Waals surface area contributed by atoms with Gasteiger partial charge < -0.3 is 19.9 Å². The first-order valence-corrected chi connectivity index (χ1v) is 6.17. The van der Waals surface area contributed by atoms with E-state index in [4.69, 9.17) is 14.6 Å². The summed E-state index contributed by atoms with van der Waals surface area (Å²) in [7, 11) is 0. The Balaban J connectivity index is 1.65. The Labute approximate surface area is 111 Å². The fraction of sp³-hybridized carbons (Fsp3) is 0.200. The topological polar surface area (TPSA) is 50.7 Å². The molecule has 2 aromatic rings. The molecule has 0 bridgehead atoms. The highest BCUT2D eigenvalue weighted by Gasteiger charge is 2.12. The number of hydrogen-bond donors (Lipinski definition) is 2. The number of anilines is 1. The van der Waals surface area contributed by atoms with Crippen molar-refractivity contribution in [2.24, 2.45) is 0 Å². The molecule has 4 heteroatoms. The van der Waals surface area contributed by atoms with E-state index in [1.807, 2.05) is 42.5 Å². The number of aliphatic hydroxyl groups excluding tert-OH is 1. The number of aliphatic hydroxyl groups is 1. The second-order valence-corrected chi connectivity index (χ2v) is 4.40. The summed E-state index contributed by atoms with van der Waals surface area (Å²) in [6.07, 6.45) is 0. The summed E-state index contributed by atoms with van der Waals surface area (Å²) in [6, 6.07) is 13.7. The van der Waals surface area contributed by atoms with Crippen molar-refractivity contribution >= 4 is 5.69 Å². The molecule has 19 heavy (non-hydrogen) atoms. The summed E-state index contributed by atoms with van der Waals surface area (Å²) in [5.41, 5.74) is 3.08. The van der Waals surface area contributed by atoms with Gasteiger partial charge in [-0.3, -0.25) is 0 Å². The van der Waals surface area contributed by atoms with E-state index in [1.54, 1.807) is 0 Å². The Hall–Kier alpha value is -2.20. The van der Waals surface area contributed by atoms with Crippen molar-refractivity contribution < 1.29 is 14.6 Å². The monoisotopic (exact) mass is 257 g/mol. The molecule has 1 aliphatic rings. The summed E-state index contributed by atoms with van der Waals surface area (Å²) >= 11 is 0. The molecule has 1 heterocycles. The van der Waals surface area contributed by atoms with Crippen LogP contribution >= 0.6 is 0 Å². The maximum absolute atomic E-state index is 8.98. The van der Waals surface area contributed by atoms with Crippen molar-refractivity contribution in [2.45, 2.75) is 13.2 Å². The summed E-state index contributed by atoms with van der Waals surface area (Å²) < 4.78 is 10.6. The zero-order valence-corrected chi connectivity index (χ0v) is 10.4. The minimum atomic E-state index is 0.0792. The van der Waals surface area contributed by atoms with Gasteiger partial charge in [-0.05, 0) is 23.3 Å². The van der Waals surface area contributed by atoms with Crippen LogP contribution in [0.15, 0.2) is 42.5 Å². The lowest BCUT2D eigenvalue weighted by Gasteiger charge is -2.08. The molecule has 4 nitrogen and oxygen atoms in total. The van der Waals surface area contributed by atoms with Crippen molar-refractivity contribution in [2.75, 3.05) is 12.1 Å². The number of benzene rings is 2. The molecule has 0 unspecified atom stereocenters. The van der Waals surface area contributed by atoms with Crippen LogP contribution < -0.4 is 14.8 Å². The predicted molar refractivity (Wildman–Crippen MR) is 72.3 cm³/mol. The Morgan fingerprint density at radius 2 is 1.68 bits per heavy atom. The summed E-state index contributed by atoms with van der Waals surface area (Å²) in [4.78, 5) is 0. The molecule has 2 aromatic carbocycles. The molecule has 1 aliphatic heterocycles. The molecule has 98 valence electrons. The molecule has 0 saturated heterocycles. The highest BCUT2D eigenvalue weighted by molar-refractivity contribution is 5.55. The van der Waals surface area contributed by atoms with E-state index in [-0.39, 0.29) is 6.61 Å². The fourth-order valence-electron chi connectivity index (χ4n) is 1.97. The van der Waals surface area contributed by atoms with Crippen LogP contribution in [0.4, 0.5) is 5.69 Å². The SMILES string of the molecule is OCc1ccc(CNc2ccc3c(c2)OCO3)cc1. The van der Waals surface area contributed by atoms with E-state index in [0.29, 0.717) is 6.79 Å².